The van der Waals surface area contributed by atoms with E-state index in [1.165, 1.54) is 17.4 Å². The summed E-state index contributed by atoms with van der Waals surface area (Å²) < 4.78 is 25.6. The fourth-order valence-electron chi connectivity index (χ4n) is 2.77. The molecule has 3 aromatic rings. The molecule has 0 unspecified atom stereocenters. The lowest BCUT2D eigenvalue weighted by molar-refractivity contribution is 0.100. The maximum atomic E-state index is 12.0. The molecule has 1 amide bonds. The van der Waals surface area contributed by atoms with E-state index < -0.39 is 15.9 Å². The number of amides is 1. The molecular weight excluding hydrogens is 406 g/mol. The number of nitrogens with zero attached hydrogens (tertiary/aromatic N) is 1. The van der Waals surface area contributed by atoms with Gasteiger partial charge in [-0.05, 0) is 42.3 Å². The maximum absolute atomic E-state index is 12.0. The second kappa shape index (κ2) is 7.30. The van der Waals surface area contributed by atoms with Crippen molar-refractivity contribution in [2.75, 3.05) is 11.0 Å². The number of carbonyl (C=O) groups excluding carboxylic acids is 1. The normalized spacial score (nSPS) is 11.4. The van der Waals surface area contributed by atoms with Gasteiger partial charge in [-0.25, -0.2) is 8.42 Å². The number of thiophene rings is 1. The van der Waals surface area contributed by atoms with Gasteiger partial charge in [-0.15, -0.1) is 11.3 Å². The molecule has 0 aliphatic carbocycles. The molecule has 0 saturated heterocycles. The van der Waals surface area contributed by atoms with Crippen LogP contribution in [0.4, 0.5) is 5.69 Å². The SMILES string of the molecule is Cc1cccnc1-c1csc(C(N)=O)c1-c1cc(Cl)cc(NS(C)(=O)=O)c1. The van der Waals surface area contributed by atoms with Crippen LogP contribution in [0.5, 0.6) is 0 Å². The predicted octanol–water partition coefficient (Wildman–Crippen LogP) is 3.91. The van der Waals surface area contributed by atoms with Gasteiger partial charge in [-0.2, -0.15) is 0 Å². The molecule has 0 fully saturated rings. The van der Waals surface area contributed by atoms with Crippen LogP contribution in [0, 0.1) is 6.92 Å². The lowest BCUT2D eigenvalue weighted by Crippen LogP contribution is -2.11. The first-order valence-electron chi connectivity index (χ1n) is 7.78. The van der Waals surface area contributed by atoms with E-state index in [0.717, 1.165) is 17.4 Å². The van der Waals surface area contributed by atoms with Crippen LogP contribution in [0.1, 0.15) is 15.2 Å². The van der Waals surface area contributed by atoms with E-state index in [4.69, 9.17) is 17.3 Å². The zero-order valence-electron chi connectivity index (χ0n) is 14.5. The number of sulfonamides is 1. The van der Waals surface area contributed by atoms with Crippen LogP contribution in [0.3, 0.4) is 0 Å². The Bertz CT molecular complexity index is 1140. The summed E-state index contributed by atoms with van der Waals surface area (Å²) in [5.74, 6) is -0.576. The first kappa shape index (κ1) is 19.3. The molecule has 0 aliphatic rings. The number of primary amides is 1. The van der Waals surface area contributed by atoms with Crippen LogP contribution < -0.4 is 10.5 Å². The van der Waals surface area contributed by atoms with Crippen molar-refractivity contribution in [3.8, 4) is 22.4 Å². The van der Waals surface area contributed by atoms with Gasteiger partial charge in [-0.1, -0.05) is 17.7 Å². The Labute approximate surface area is 166 Å². The summed E-state index contributed by atoms with van der Waals surface area (Å²) in [7, 11) is -3.48. The van der Waals surface area contributed by atoms with Crippen LogP contribution in [0.15, 0.2) is 41.9 Å². The minimum absolute atomic E-state index is 0.297. The van der Waals surface area contributed by atoms with Crippen molar-refractivity contribution in [1.29, 1.82) is 0 Å². The van der Waals surface area contributed by atoms with Gasteiger partial charge in [-0.3, -0.25) is 14.5 Å². The molecule has 0 radical (unpaired) electrons. The van der Waals surface area contributed by atoms with Crippen molar-refractivity contribution >= 4 is 44.6 Å². The molecule has 2 aromatic heterocycles. The summed E-state index contributed by atoms with van der Waals surface area (Å²) in [4.78, 5) is 16.8. The Kier molecular flexibility index (Phi) is 5.23. The zero-order valence-corrected chi connectivity index (χ0v) is 16.9. The summed E-state index contributed by atoms with van der Waals surface area (Å²) in [6.07, 6.45) is 2.72. The Morgan fingerprint density at radius 2 is 2.04 bits per heavy atom. The summed E-state index contributed by atoms with van der Waals surface area (Å²) in [6.45, 7) is 1.92. The maximum Gasteiger partial charge on any atom is 0.259 e. The molecular formula is C18H16ClN3O3S2. The van der Waals surface area contributed by atoms with Crippen molar-refractivity contribution in [3.63, 3.8) is 0 Å². The van der Waals surface area contributed by atoms with Crippen molar-refractivity contribution in [2.24, 2.45) is 5.73 Å². The minimum atomic E-state index is -3.48. The quantitative estimate of drug-likeness (QED) is 0.651. The molecule has 0 atom stereocenters. The Balaban J connectivity index is 2.26. The van der Waals surface area contributed by atoms with Gasteiger partial charge >= 0.3 is 0 Å². The van der Waals surface area contributed by atoms with Crippen molar-refractivity contribution < 1.29 is 13.2 Å². The Morgan fingerprint density at radius 1 is 1.30 bits per heavy atom. The number of nitrogens with two attached hydrogens (primary N) is 1. The third kappa shape index (κ3) is 4.29. The van der Waals surface area contributed by atoms with E-state index in [-0.39, 0.29) is 0 Å². The van der Waals surface area contributed by atoms with E-state index in [1.54, 1.807) is 18.3 Å². The first-order chi connectivity index (χ1) is 12.7. The number of hydrogen-bond donors (Lipinski definition) is 2. The zero-order chi connectivity index (χ0) is 19.8. The van der Waals surface area contributed by atoms with E-state index in [0.29, 0.717) is 32.4 Å². The summed E-state index contributed by atoms with van der Waals surface area (Å²) >= 11 is 7.41. The average molecular weight is 422 g/mol. The predicted molar refractivity (Wildman–Crippen MR) is 110 cm³/mol. The number of carbonyl (C=O) groups is 1. The number of benzene rings is 1. The molecule has 0 aliphatic heterocycles. The van der Waals surface area contributed by atoms with Gasteiger partial charge in [0, 0.05) is 27.7 Å². The summed E-state index contributed by atoms with van der Waals surface area (Å²) in [5, 5.41) is 2.14. The second-order valence-electron chi connectivity index (χ2n) is 5.99. The topological polar surface area (TPSA) is 102 Å². The van der Waals surface area contributed by atoms with Gasteiger partial charge < -0.3 is 5.73 Å². The summed E-state index contributed by atoms with van der Waals surface area (Å²) in [6, 6.07) is 8.51. The van der Waals surface area contributed by atoms with Crippen LogP contribution in [0.25, 0.3) is 22.4 Å². The Morgan fingerprint density at radius 3 is 2.67 bits per heavy atom. The third-order valence-corrected chi connectivity index (χ3v) is 5.59. The van der Waals surface area contributed by atoms with Gasteiger partial charge in [0.15, 0.2) is 0 Å². The largest absolute Gasteiger partial charge is 0.365 e. The highest BCUT2D eigenvalue weighted by Gasteiger charge is 2.21. The molecule has 140 valence electrons. The van der Waals surface area contributed by atoms with Gasteiger partial charge in [0.2, 0.25) is 10.0 Å². The molecule has 0 bridgehead atoms. The van der Waals surface area contributed by atoms with E-state index in [1.807, 2.05) is 24.4 Å². The molecule has 27 heavy (non-hydrogen) atoms. The molecule has 3 rings (SSSR count). The molecule has 3 N–H and O–H groups in total. The van der Waals surface area contributed by atoms with Crippen LogP contribution >= 0.6 is 22.9 Å². The number of pyridine rings is 1. The Hall–Kier alpha value is -2.42. The molecule has 0 spiro atoms. The number of halogens is 1. The molecule has 9 heteroatoms. The highest BCUT2D eigenvalue weighted by atomic mass is 35.5. The smallest absolute Gasteiger partial charge is 0.259 e. The minimum Gasteiger partial charge on any atom is -0.365 e. The molecule has 1 aromatic carbocycles. The number of aryl methyl sites for hydroxylation is 1. The number of anilines is 1. The fraction of sp³-hybridized carbons (Fsp3) is 0.111. The lowest BCUT2D eigenvalue weighted by atomic mass is 9.97. The lowest BCUT2D eigenvalue weighted by Gasteiger charge is -2.11. The van der Waals surface area contributed by atoms with E-state index in [2.05, 4.69) is 9.71 Å². The van der Waals surface area contributed by atoms with E-state index in [9.17, 15) is 13.2 Å². The van der Waals surface area contributed by atoms with Crippen molar-refractivity contribution in [3.05, 3.63) is 57.4 Å². The second-order valence-corrected chi connectivity index (χ2v) is 9.05. The fourth-order valence-corrected chi connectivity index (χ4v) is 4.48. The van der Waals surface area contributed by atoms with Gasteiger partial charge in [0.1, 0.15) is 4.88 Å². The van der Waals surface area contributed by atoms with Crippen LogP contribution in [-0.2, 0) is 10.0 Å². The van der Waals surface area contributed by atoms with Crippen molar-refractivity contribution in [2.45, 2.75) is 6.92 Å². The van der Waals surface area contributed by atoms with Gasteiger partial charge in [0.05, 0.1) is 17.6 Å². The number of aromatic nitrogens is 1. The van der Waals surface area contributed by atoms with Crippen LogP contribution in [-0.4, -0.2) is 25.6 Å². The van der Waals surface area contributed by atoms with Crippen LogP contribution in [0.2, 0.25) is 5.02 Å². The molecule has 0 saturated carbocycles. The number of nitrogens with one attached hydrogen (secondary N) is 1. The van der Waals surface area contributed by atoms with E-state index >= 15 is 0 Å². The molecule has 2 heterocycles. The number of rotatable bonds is 5. The molecule has 6 nitrogen and oxygen atoms in total. The van der Waals surface area contributed by atoms with Crippen molar-refractivity contribution in [1.82, 2.24) is 4.98 Å². The average Bonchev–Trinajstić information content (AvgIpc) is 2.98. The van der Waals surface area contributed by atoms with Gasteiger partial charge in [0.25, 0.3) is 5.91 Å². The standard InChI is InChI=1S/C18H16ClN3O3S2/c1-10-4-3-5-21-16(10)14-9-26-17(18(20)23)15(14)11-6-12(19)8-13(7-11)22-27(2,24)25/h3-9,22H,1-2H3,(H2,20,23). The first-order valence-corrected chi connectivity index (χ1v) is 10.9. The highest BCUT2D eigenvalue weighted by Crippen LogP contribution is 2.41. The highest BCUT2D eigenvalue weighted by molar-refractivity contribution is 7.92. The monoisotopic (exact) mass is 421 g/mol. The number of hydrogen-bond acceptors (Lipinski definition) is 5. The third-order valence-electron chi connectivity index (χ3n) is 3.77. The summed E-state index contributed by atoms with van der Waals surface area (Å²) in [5.41, 5.74) is 9.40.